The Hall–Kier alpha value is -2.77. The molecule has 1 aromatic rings. The Bertz CT molecular complexity index is 836. The van der Waals surface area contributed by atoms with Gasteiger partial charge in [0.05, 0.1) is 14.2 Å². The van der Waals surface area contributed by atoms with Crippen LogP contribution < -0.4 is 20.1 Å². The molecule has 1 saturated carbocycles. The van der Waals surface area contributed by atoms with E-state index in [0.29, 0.717) is 30.2 Å². The minimum Gasteiger partial charge on any atom is -0.497 e. The van der Waals surface area contributed by atoms with E-state index in [1.54, 1.807) is 23.1 Å². The van der Waals surface area contributed by atoms with Crippen molar-refractivity contribution in [1.29, 1.82) is 0 Å². The molecule has 2 N–H and O–H groups in total. The van der Waals surface area contributed by atoms with Gasteiger partial charge in [0.25, 0.3) is 5.91 Å². The molecule has 1 unspecified atom stereocenters. The highest BCUT2D eigenvalue weighted by Crippen LogP contribution is 2.25. The van der Waals surface area contributed by atoms with Gasteiger partial charge in [-0.15, -0.1) is 0 Å². The fourth-order valence-electron chi connectivity index (χ4n) is 4.80. The van der Waals surface area contributed by atoms with Crippen molar-refractivity contribution in [2.45, 2.75) is 70.9 Å². The van der Waals surface area contributed by atoms with Gasteiger partial charge >= 0.3 is 0 Å². The van der Waals surface area contributed by atoms with Gasteiger partial charge in [0.15, 0.2) is 0 Å². The van der Waals surface area contributed by atoms with Gasteiger partial charge < -0.3 is 25.0 Å². The average molecular weight is 474 g/mol. The van der Waals surface area contributed by atoms with E-state index in [9.17, 15) is 14.4 Å². The van der Waals surface area contributed by atoms with Gasteiger partial charge in [-0.05, 0) is 43.7 Å². The van der Waals surface area contributed by atoms with Crippen molar-refractivity contribution in [3.05, 3.63) is 23.8 Å². The molecule has 3 amide bonds. The summed E-state index contributed by atoms with van der Waals surface area (Å²) in [6, 6.07) is 4.41. The zero-order valence-electron chi connectivity index (χ0n) is 20.9. The first-order chi connectivity index (χ1) is 16.3. The molecule has 188 valence electrons. The summed E-state index contributed by atoms with van der Waals surface area (Å²) in [5.41, 5.74) is 0.374. The van der Waals surface area contributed by atoms with E-state index in [1.807, 2.05) is 13.8 Å². The van der Waals surface area contributed by atoms with E-state index in [-0.39, 0.29) is 35.6 Å². The number of rotatable bonds is 8. The summed E-state index contributed by atoms with van der Waals surface area (Å²) in [4.78, 5) is 40.6. The summed E-state index contributed by atoms with van der Waals surface area (Å²) in [5, 5.41) is 6.11. The third kappa shape index (κ3) is 6.64. The number of benzene rings is 1. The molecule has 0 radical (unpaired) electrons. The second kappa shape index (κ2) is 12.1. The SMILES string of the molecule is COc1cc(OC)cc(C(=O)NC(C(=O)N2CCC(NC(=O)C3CCCCC3)CC2)C(C)C)c1. The predicted octanol–water partition coefficient (Wildman–Crippen LogP) is 3.15. The monoisotopic (exact) mass is 473 g/mol. The lowest BCUT2D eigenvalue weighted by Crippen LogP contribution is -2.55. The smallest absolute Gasteiger partial charge is 0.252 e. The average Bonchev–Trinajstić information content (AvgIpc) is 2.87. The Kier molecular flexibility index (Phi) is 9.19. The van der Waals surface area contributed by atoms with Gasteiger partial charge in [-0.1, -0.05) is 33.1 Å². The van der Waals surface area contributed by atoms with Crippen LogP contribution in [0.25, 0.3) is 0 Å². The molecule has 2 fully saturated rings. The molecule has 8 heteroatoms. The summed E-state index contributed by atoms with van der Waals surface area (Å²) >= 11 is 0. The van der Waals surface area contributed by atoms with Gasteiger partial charge in [-0.25, -0.2) is 0 Å². The Balaban J connectivity index is 1.57. The molecule has 0 bridgehead atoms. The van der Waals surface area contributed by atoms with Crippen LogP contribution in [-0.4, -0.2) is 62.0 Å². The van der Waals surface area contributed by atoms with E-state index >= 15 is 0 Å². The number of amides is 3. The van der Waals surface area contributed by atoms with E-state index in [4.69, 9.17) is 9.47 Å². The first-order valence-corrected chi connectivity index (χ1v) is 12.5. The molecular weight excluding hydrogens is 434 g/mol. The third-order valence-corrected chi connectivity index (χ3v) is 6.96. The number of carbonyl (C=O) groups excluding carboxylic acids is 3. The van der Waals surface area contributed by atoms with Gasteiger partial charge in [0, 0.05) is 36.7 Å². The molecule has 2 aliphatic rings. The molecule has 1 atom stereocenters. The molecule has 1 aromatic carbocycles. The van der Waals surface area contributed by atoms with Crippen LogP contribution >= 0.6 is 0 Å². The van der Waals surface area contributed by atoms with Crippen LogP contribution in [0.2, 0.25) is 0 Å². The highest BCUT2D eigenvalue weighted by Gasteiger charge is 2.32. The van der Waals surface area contributed by atoms with Crippen LogP contribution in [-0.2, 0) is 9.59 Å². The topological polar surface area (TPSA) is 97.0 Å². The molecule has 1 aliphatic heterocycles. The summed E-state index contributed by atoms with van der Waals surface area (Å²) < 4.78 is 10.5. The number of nitrogens with zero attached hydrogens (tertiary/aromatic N) is 1. The van der Waals surface area contributed by atoms with Gasteiger partial charge in [-0.3, -0.25) is 14.4 Å². The molecule has 8 nitrogen and oxygen atoms in total. The second-order valence-corrected chi connectivity index (χ2v) is 9.74. The van der Waals surface area contributed by atoms with E-state index < -0.39 is 6.04 Å². The summed E-state index contributed by atoms with van der Waals surface area (Å²) in [6.45, 7) is 4.99. The summed E-state index contributed by atoms with van der Waals surface area (Å²) in [6.07, 6.45) is 6.93. The van der Waals surface area contributed by atoms with Crippen LogP contribution in [0.15, 0.2) is 18.2 Å². The number of carbonyl (C=O) groups is 3. The maximum atomic E-state index is 13.3. The first-order valence-electron chi connectivity index (χ1n) is 12.5. The summed E-state index contributed by atoms with van der Waals surface area (Å²) in [5.74, 6) is 0.820. The predicted molar refractivity (Wildman–Crippen MR) is 130 cm³/mol. The number of piperidine rings is 1. The molecule has 1 heterocycles. The maximum Gasteiger partial charge on any atom is 0.252 e. The van der Waals surface area contributed by atoms with E-state index in [2.05, 4.69) is 10.6 Å². The fraction of sp³-hybridized carbons (Fsp3) is 0.654. The maximum absolute atomic E-state index is 13.3. The Labute approximate surface area is 202 Å². The molecule has 0 aromatic heterocycles. The largest absolute Gasteiger partial charge is 0.497 e. The fourth-order valence-corrected chi connectivity index (χ4v) is 4.80. The lowest BCUT2D eigenvalue weighted by Gasteiger charge is -2.36. The minimum absolute atomic E-state index is 0.0762. The van der Waals surface area contributed by atoms with Crippen LogP contribution in [0.4, 0.5) is 0 Å². The lowest BCUT2D eigenvalue weighted by molar-refractivity contribution is -0.135. The number of likely N-dealkylation sites (tertiary alicyclic amines) is 1. The zero-order chi connectivity index (χ0) is 24.7. The van der Waals surface area contributed by atoms with Gasteiger partial charge in [0.2, 0.25) is 11.8 Å². The zero-order valence-corrected chi connectivity index (χ0v) is 20.9. The number of hydrogen-bond donors (Lipinski definition) is 2. The minimum atomic E-state index is -0.641. The third-order valence-electron chi connectivity index (χ3n) is 6.96. The highest BCUT2D eigenvalue weighted by molar-refractivity contribution is 5.98. The number of ether oxygens (including phenoxy) is 2. The van der Waals surface area contributed by atoms with Crippen LogP contribution in [0.5, 0.6) is 11.5 Å². The van der Waals surface area contributed by atoms with Crippen molar-refractivity contribution < 1.29 is 23.9 Å². The molecule has 3 rings (SSSR count). The Morgan fingerprint density at radius 1 is 0.912 bits per heavy atom. The standard InChI is InChI=1S/C26H39N3O5/c1-17(2)23(28-25(31)19-14-21(33-3)16-22(15-19)34-4)26(32)29-12-10-20(11-13-29)27-24(30)18-8-6-5-7-9-18/h14-18,20,23H,5-13H2,1-4H3,(H,27,30)(H,28,31). The molecular formula is C26H39N3O5. The quantitative estimate of drug-likeness (QED) is 0.605. The summed E-state index contributed by atoms with van der Waals surface area (Å²) in [7, 11) is 3.05. The number of nitrogens with one attached hydrogen (secondary N) is 2. The normalized spacial score (nSPS) is 18.3. The second-order valence-electron chi connectivity index (χ2n) is 9.74. The van der Waals surface area contributed by atoms with Gasteiger partial charge in [0.1, 0.15) is 17.5 Å². The Morgan fingerprint density at radius 3 is 2.03 bits per heavy atom. The molecule has 1 saturated heterocycles. The number of hydrogen-bond acceptors (Lipinski definition) is 5. The van der Waals surface area contributed by atoms with E-state index in [0.717, 1.165) is 38.5 Å². The Morgan fingerprint density at radius 2 is 1.50 bits per heavy atom. The van der Waals surface area contributed by atoms with Crippen LogP contribution in [0.1, 0.15) is 69.2 Å². The molecule has 0 spiro atoms. The van der Waals surface area contributed by atoms with Gasteiger partial charge in [-0.2, -0.15) is 0 Å². The lowest BCUT2D eigenvalue weighted by atomic mass is 9.88. The van der Waals surface area contributed by atoms with E-state index in [1.165, 1.54) is 20.6 Å². The highest BCUT2D eigenvalue weighted by atomic mass is 16.5. The van der Waals surface area contributed by atoms with Crippen molar-refractivity contribution in [2.24, 2.45) is 11.8 Å². The molecule has 1 aliphatic carbocycles. The first kappa shape index (κ1) is 25.8. The van der Waals surface area contributed by atoms with Crippen molar-refractivity contribution in [2.75, 3.05) is 27.3 Å². The van der Waals surface area contributed by atoms with Crippen molar-refractivity contribution in [3.63, 3.8) is 0 Å². The number of methoxy groups -OCH3 is 2. The van der Waals surface area contributed by atoms with Crippen molar-refractivity contribution in [1.82, 2.24) is 15.5 Å². The van der Waals surface area contributed by atoms with Crippen LogP contribution in [0.3, 0.4) is 0 Å². The van der Waals surface area contributed by atoms with Crippen molar-refractivity contribution in [3.8, 4) is 11.5 Å². The molecule has 34 heavy (non-hydrogen) atoms. The van der Waals surface area contributed by atoms with Crippen LogP contribution in [0, 0.1) is 11.8 Å². The van der Waals surface area contributed by atoms with Crippen molar-refractivity contribution >= 4 is 17.7 Å².